The molecule has 0 saturated heterocycles. The highest BCUT2D eigenvalue weighted by molar-refractivity contribution is 5.84. The van der Waals surface area contributed by atoms with E-state index in [9.17, 15) is 14.7 Å². The average molecular weight is 343 g/mol. The van der Waals surface area contributed by atoms with Gasteiger partial charge in [0, 0.05) is 6.54 Å². The lowest BCUT2D eigenvalue weighted by molar-refractivity contribution is -0.163. The third kappa shape index (κ3) is 5.32. The van der Waals surface area contributed by atoms with E-state index in [1.54, 1.807) is 49.6 Å². The number of methoxy groups -OCH3 is 1. The third-order valence-electron chi connectivity index (χ3n) is 3.63. The Morgan fingerprint density at radius 2 is 1.72 bits per heavy atom. The Balaban J connectivity index is 1.83. The van der Waals surface area contributed by atoms with Crippen molar-refractivity contribution in [2.75, 3.05) is 7.11 Å². The molecule has 0 fully saturated rings. The smallest absolute Gasteiger partial charge is 0.340 e. The summed E-state index contributed by atoms with van der Waals surface area (Å²) in [7, 11) is 1.58. The van der Waals surface area contributed by atoms with E-state index in [1.807, 2.05) is 12.1 Å². The van der Waals surface area contributed by atoms with Crippen LogP contribution >= 0.6 is 0 Å². The second-order valence-electron chi connectivity index (χ2n) is 5.46. The number of nitrogens with one attached hydrogen (secondary N) is 1. The largest absolute Gasteiger partial charge is 0.497 e. The van der Waals surface area contributed by atoms with Crippen molar-refractivity contribution < 1.29 is 24.2 Å². The summed E-state index contributed by atoms with van der Waals surface area (Å²) in [6, 6.07) is 15.7. The van der Waals surface area contributed by atoms with Crippen molar-refractivity contribution in [2.24, 2.45) is 0 Å². The molecule has 0 aliphatic heterocycles. The molecule has 0 unspecified atom stereocenters. The van der Waals surface area contributed by atoms with E-state index in [4.69, 9.17) is 9.47 Å². The molecule has 0 aromatic heterocycles. The number of carbonyl (C=O) groups excluding carboxylic acids is 2. The van der Waals surface area contributed by atoms with Crippen LogP contribution in [0.2, 0.25) is 0 Å². The number of ether oxygens (including phenoxy) is 2. The minimum atomic E-state index is -1.42. The molecule has 1 amide bonds. The number of hydrogen-bond donors (Lipinski definition) is 2. The Morgan fingerprint density at radius 1 is 1.08 bits per heavy atom. The number of amides is 1. The molecule has 0 aliphatic rings. The first-order valence-electron chi connectivity index (χ1n) is 7.85. The van der Waals surface area contributed by atoms with Gasteiger partial charge in [-0.05, 0) is 30.2 Å². The van der Waals surface area contributed by atoms with Gasteiger partial charge in [0.2, 0.25) is 0 Å². The van der Waals surface area contributed by atoms with E-state index in [2.05, 4.69) is 5.32 Å². The molecule has 6 nitrogen and oxygen atoms in total. The van der Waals surface area contributed by atoms with Crippen LogP contribution in [0.15, 0.2) is 54.6 Å². The Hall–Kier alpha value is -2.86. The molecule has 25 heavy (non-hydrogen) atoms. The van der Waals surface area contributed by atoms with E-state index in [1.165, 1.54) is 6.92 Å². The fourth-order valence-corrected chi connectivity index (χ4v) is 2.14. The molecular weight excluding hydrogens is 322 g/mol. The van der Waals surface area contributed by atoms with Crippen LogP contribution < -0.4 is 10.1 Å². The summed E-state index contributed by atoms with van der Waals surface area (Å²) in [5.41, 5.74) is 1.30. The lowest BCUT2D eigenvalue weighted by atomic mass is 10.1. The second kappa shape index (κ2) is 8.84. The van der Waals surface area contributed by atoms with E-state index in [-0.39, 0.29) is 0 Å². The fraction of sp³-hybridized carbons (Fsp3) is 0.263. The van der Waals surface area contributed by atoms with Gasteiger partial charge in [0.1, 0.15) is 5.75 Å². The summed E-state index contributed by atoms with van der Waals surface area (Å²) < 4.78 is 10.1. The van der Waals surface area contributed by atoms with Crippen LogP contribution in [0.4, 0.5) is 0 Å². The monoisotopic (exact) mass is 343 g/mol. The molecule has 0 saturated carbocycles. The summed E-state index contributed by atoms with van der Waals surface area (Å²) in [5, 5.41) is 12.6. The standard InChI is InChI=1S/C19H21NO5/c1-13(25-19(23)17(21)15-6-4-3-5-7-15)18(22)20-12-14-8-10-16(24-2)11-9-14/h3-11,13,17,21H,12H2,1-2H3,(H,20,22)/t13-,17+/m1/s1. The zero-order valence-corrected chi connectivity index (χ0v) is 14.1. The molecule has 2 aromatic carbocycles. The number of aliphatic hydroxyl groups excluding tert-OH is 1. The van der Waals surface area contributed by atoms with Crippen LogP contribution in [0.3, 0.4) is 0 Å². The molecule has 2 atom stereocenters. The Morgan fingerprint density at radius 3 is 2.32 bits per heavy atom. The van der Waals surface area contributed by atoms with Crippen molar-refractivity contribution in [3.8, 4) is 5.75 Å². The van der Waals surface area contributed by atoms with Crippen LogP contribution in [0.25, 0.3) is 0 Å². The highest BCUT2D eigenvalue weighted by Crippen LogP contribution is 2.15. The maximum Gasteiger partial charge on any atom is 0.340 e. The molecule has 132 valence electrons. The first kappa shape index (κ1) is 18.5. The Bertz CT molecular complexity index is 700. The first-order chi connectivity index (χ1) is 12.0. The normalized spacial score (nSPS) is 12.8. The molecule has 0 bridgehead atoms. The van der Waals surface area contributed by atoms with Gasteiger partial charge >= 0.3 is 5.97 Å². The summed E-state index contributed by atoms with van der Waals surface area (Å²) in [4.78, 5) is 24.0. The maximum atomic E-state index is 12.0. The highest BCUT2D eigenvalue weighted by Gasteiger charge is 2.24. The first-order valence-corrected chi connectivity index (χ1v) is 7.85. The molecule has 2 rings (SSSR count). The minimum Gasteiger partial charge on any atom is -0.497 e. The van der Waals surface area contributed by atoms with Gasteiger partial charge in [0.25, 0.3) is 5.91 Å². The minimum absolute atomic E-state index is 0.298. The van der Waals surface area contributed by atoms with E-state index in [0.29, 0.717) is 12.1 Å². The van der Waals surface area contributed by atoms with Gasteiger partial charge in [-0.25, -0.2) is 4.79 Å². The van der Waals surface area contributed by atoms with Gasteiger partial charge in [0.05, 0.1) is 7.11 Å². The Labute approximate surface area is 146 Å². The van der Waals surface area contributed by atoms with Crippen LogP contribution in [0.1, 0.15) is 24.2 Å². The molecular formula is C19H21NO5. The van der Waals surface area contributed by atoms with Gasteiger partial charge in [-0.3, -0.25) is 4.79 Å². The molecule has 2 aromatic rings. The summed E-state index contributed by atoms with van der Waals surface area (Å²) in [6.07, 6.45) is -2.43. The van der Waals surface area contributed by atoms with Crippen molar-refractivity contribution in [3.05, 3.63) is 65.7 Å². The summed E-state index contributed by atoms with van der Waals surface area (Å²) in [6.45, 7) is 1.75. The highest BCUT2D eigenvalue weighted by atomic mass is 16.6. The summed E-state index contributed by atoms with van der Waals surface area (Å²) >= 11 is 0. The lowest BCUT2D eigenvalue weighted by Crippen LogP contribution is -2.36. The summed E-state index contributed by atoms with van der Waals surface area (Å²) in [5.74, 6) is -0.574. The predicted molar refractivity (Wildman–Crippen MR) is 91.8 cm³/mol. The quantitative estimate of drug-likeness (QED) is 0.751. The van der Waals surface area contributed by atoms with Crippen molar-refractivity contribution in [3.63, 3.8) is 0 Å². The van der Waals surface area contributed by atoms with Crippen LogP contribution in [-0.2, 0) is 20.9 Å². The second-order valence-corrected chi connectivity index (χ2v) is 5.46. The number of rotatable bonds is 7. The van der Waals surface area contributed by atoms with Gasteiger partial charge in [0.15, 0.2) is 12.2 Å². The van der Waals surface area contributed by atoms with Gasteiger partial charge in [-0.15, -0.1) is 0 Å². The molecule has 0 spiro atoms. The van der Waals surface area contributed by atoms with Gasteiger partial charge < -0.3 is 19.9 Å². The van der Waals surface area contributed by atoms with E-state index >= 15 is 0 Å². The maximum absolute atomic E-state index is 12.0. The number of carbonyl (C=O) groups is 2. The lowest BCUT2D eigenvalue weighted by Gasteiger charge is -2.16. The number of hydrogen-bond acceptors (Lipinski definition) is 5. The van der Waals surface area contributed by atoms with Gasteiger partial charge in [-0.2, -0.15) is 0 Å². The molecule has 2 N–H and O–H groups in total. The average Bonchev–Trinajstić information content (AvgIpc) is 2.66. The van der Waals surface area contributed by atoms with Crippen LogP contribution in [-0.4, -0.2) is 30.2 Å². The SMILES string of the molecule is COc1ccc(CNC(=O)[C@@H](C)OC(=O)[C@@H](O)c2ccccc2)cc1. The number of benzene rings is 2. The predicted octanol–water partition coefficient (Wildman–Crippen LogP) is 1.98. The third-order valence-corrected chi connectivity index (χ3v) is 3.63. The molecule has 6 heteroatoms. The number of esters is 1. The van der Waals surface area contributed by atoms with E-state index in [0.717, 1.165) is 11.3 Å². The van der Waals surface area contributed by atoms with Crippen molar-refractivity contribution in [1.82, 2.24) is 5.32 Å². The molecule has 0 heterocycles. The Kier molecular flexibility index (Phi) is 6.54. The molecule has 0 aliphatic carbocycles. The fourth-order valence-electron chi connectivity index (χ4n) is 2.14. The van der Waals surface area contributed by atoms with Crippen molar-refractivity contribution in [1.29, 1.82) is 0 Å². The van der Waals surface area contributed by atoms with Crippen molar-refractivity contribution >= 4 is 11.9 Å². The van der Waals surface area contributed by atoms with E-state index < -0.39 is 24.1 Å². The van der Waals surface area contributed by atoms with Crippen LogP contribution in [0.5, 0.6) is 5.75 Å². The topological polar surface area (TPSA) is 84.9 Å². The number of aliphatic hydroxyl groups is 1. The zero-order chi connectivity index (χ0) is 18.2. The molecule has 0 radical (unpaired) electrons. The van der Waals surface area contributed by atoms with Crippen molar-refractivity contribution in [2.45, 2.75) is 25.7 Å². The van der Waals surface area contributed by atoms with Gasteiger partial charge in [-0.1, -0.05) is 42.5 Å². The zero-order valence-electron chi connectivity index (χ0n) is 14.1. The van der Waals surface area contributed by atoms with Crippen LogP contribution in [0, 0.1) is 0 Å².